The van der Waals surface area contributed by atoms with Gasteiger partial charge < -0.3 is 0 Å². The van der Waals surface area contributed by atoms with Gasteiger partial charge in [-0.2, -0.15) is 0 Å². The van der Waals surface area contributed by atoms with Crippen LogP contribution in [-0.4, -0.2) is 11.6 Å². The van der Waals surface area contributed by atoms with Crippen LogP contribution in [0.2, 0.25) is 0 Å². The Kier molecular flexibility index (Phi) is 3.50. The second kappa shape index (κ2) is 5.28. The predicted molar refractivity (Wildman–Crippen MR) is 73.7 cm³/mol. The molecule has 100 valence electrons. The number of benzene rings is 1. The van der Waals surface area contributed by atoms with E-state index in [9.17, 15) is 9.59 Å². The zero-order valence-electron chi connectivity index (χ0n) is 11.2. The highest BCUT2D eigenvalue weighted by Crippen LogP contribution is 2.40. The Morgan fingerprint density at radius 3 is 2.63 bits per heavy atom. The molecule has 0 heterocycles. The van der Waals surface area contributed by atoms with Gasteiger partial charge in [-0.05, 0) is 37.2 Å². The molecule has 2 fully saturated rings. The van der Waals surface area contributed by atoms with E-state index in [1.54, 1.807) is 0 Å². The van der Waals surface area contributed by atoms with Gasteiger partial charge in [-0.3, -0.25) is 9.59 Å². The molecule has 0 amide bonds. The minimum absolute atomic E-state index is 0.0608. The molecule has 0 bridgehead atoms. The van der Waals surface area contributed by atoms with Crippen molar-refractivity contribution in [1.29, 1.82) is 0 Å². The van der Waals surface area contributed by atoms with Crippen LogP contribution < -0.4 is 0 Å². The number of rotatable bonds is 2. The van der Waals surface area contributed by atoms with E-state index in [0.29, 0.717) is 23.9 Å². The molecule has 0 radical (unpaired) electrons. The van der Waals surface area contributed by atoms with Crippen LogP contribution in [0.1, 0.15) is 37.7 Å². The van der Waals surface area contributed by atoms with Gasteiger partial charge >= 0.3 is 0 Å². The average molecular weight is 256 g/mol. The normalized spacial score (nSPS) is 31.1. The lowest BCUT2D eigenvalue weighted by molar-refractivity contribution is -0.135. The van der Waals surface area contributed by atoms with Crippen LogP contribution in [0.4, 0.5) is 0 Å². The van der Waals surface area contributed by atoms with Crippen molar-refractivity contribution < 1.29 is 9.59 Å². The standard InChI is InChI=1S/C17H20O2/c18-16-8-4-7-13-11-17(19)14(10-15(13)16)9-12-5-2-1-3-6-12/h1-3,5-6,13-15H,4,7-11H2/t13-,14+,15-/m1/s1. The summed E-state index contributed by atoms with van der Waals surface area (Å²) in [7, 11) is 0. The molecule has 3 atom stereocenters. The van der Waals surface area contributed by atoms with Crippen molar-refractivity contribution >= 4 is 11.6 Å². The molecular formula is C17H20O2. The summed E-state index contributed by atoms with van der Waals surface area (Å²) in [5, 5.41) is 0. The lowest BCUT2D eigenvalue weighted by Gasteiger charge is -2.37. The van der Waals surface area contributed by atoms with Crippen LogP contribution in [0.15, 0.2) is 30.3 Å². The van der Waals surface area contributed by atoms with E-state index in [4.69, 9.17) is 0 Å². The molecular weight excluding hydrogens is 236 g/mol. The number of carbonyl (C=O) groups excluding carboxylic acids is 2. The number of hydrogen-bond acceptors (Lipinski definition) is 2. The van der Waals surface area contributed by atoms with E-state index < -0.39 is 0 Å². The first-order valence-corrected chi connectivity index (χ1v) is 7.33. The van der Waals surface area contributed by atoms with Gasteiger partial charge in [0.2, 0.25) is 0 Å². The van der Waals surface area contributed by atoms with E-state index >= 15 is 0 Å². The molecule has 3 rings (SSSR count). The highest BCUT2D eigenvalue weighted by Gasteiger charge is 2.40. The number of fused-ring (bicyclic) bond motifs is 1. The van der Waals surface area contributed by atoms with Crippen molar-refractivity contribution in [3.05, 3.63) is 35.9 Å². The second-order valence-electron chi connectivity index (χ2n) is 6.02. The van der Waals surface area contributed by atoms with E-state index in [2.05, 4.69) is 12.1 Å². The first-order chi connectivity index (χ1) is 9.24. The quantitative estimate of drug-likeness (QED) is 0.814. The molecule has 2 heteroatoms. The third kappa shape index (κ3) is 2.63. The summed E-state index contributed by atoms with van der Waals surface area (Å²) >= 11 is 0. The molecule has 0 N–H and O–H groups in total. The molecule has 19 heavy (non-hydrogen) atoms. The van der Waals surface area contributed by atoms with Gasteiger partial charge in [0.25, 0.3) is 0 Å². The van der Waals surface area contributed by atoms with Crippen LogP contribution in [0.5, 0.6) is 0 Å². The molecule has 0 aliphatic heterocycles. The van der Waals surface area contributed by atoms with E-state index in [0.717, 1.165) is 32.1 Å². The van der Waals surface area contributed by atoms with Crippen molar-refractivity contribution in [3.8, 4) is 0 Å². The Labute approximate surface area is 114 Å². The van der Waals surface area contributed by atoms with Gasteiger partial charge in [0, 0.05) is 24.7 Å². The van der Waals surface area contributed by atoms with Gasteiger partial charge in [-0.25, -0.2) is 0 Å². The van der Waals surface area contributed by atoms with Crippen LogP contribution in [0, 0.1) is 17.8 Å². The first kappa shape index (κ1) is 12.6. The number of ketones is 2. The zero-order valence-corrected chi connectivity index (χ0v) is 11.2. The molecule has 2 nitrogen and oxygen atoms in total. The van der Waals surface area contributed by atoms with Crippen molar-refractivity contribution in [2.75, 3.05) is 0 Å². The van der Waals surface area contributed by atoms with Crippen LogP contribution >= 0.6 is 0 Å². The van der Waals surface area contributed by atoms with Crippen molar-refractivity contribution in [1.82, 2.24) is 0 Å². The highest BCUT2D eigenvalue weighted by molar-refractivity contribution is 5.88. The average Bonchev–Trinajstić information content (AvgIpc) is 2.42. The third-order valence-electron chi connectivity index (χ3n) is 4.76. The smallest absolute Gasteiger partial charge is 0.136 e. The predicted octanol–water partition coefficient (Wildman–Crippen LogP) is 3.19. The number of hydrogen-bond donors (Lipinski definition) is 0. The number of carbonyl (C=O) groups is 2. The van der Waals surface area contributed by atoms with Gasteiger partial charge in [0.1, 0.15) is 11.6 Å². The highest BCUT2D eigenvalue weighted by atomic mass is 16.1. The molecule has 0 saturated heterocycles. The Bertz CT molecular complexity index is 477. The van der Waals surface area contributed by atoms with Gasteiger partial charge in [-0.1, -0.05) is 30.3 Å². The lowest BCUT2D eigenvalue weighted by atomic mass is 9.65. The maximum absolute atomic E-state index is 12.2. The molecule has 0 aromatic heterocycles. The van der Waals surface area contributed by atoms with Crippen molar-refractivity contribution in [2.24, 2.45) is 17.8 Å². The fourth-order valence-electron chi connectivity index (χ4n) is 3.72. The maximum atomic E-state index is 12.2. The fraction of sp³-hybridized carbons (Fsp3) is 0.529. The monoisotopic (exact) mass is 256 g/mol. The Morgan fingerprint density at radius 2 is 1.84 bits per heavy atom. The largest absolute Gasteiger partial charge is 0.299 e. The zero-order chi connectivity index (χ0) is 13.2. The van der Waals surface area contributed by atoms with Crippen molar-refractivity contribution in [2.45, 2.75) is 38.5 Å². The minimum Gasteiger partial charge on any atom is -0.299 e. The van der Waals surface area contributed by atoms with E-state index in [-0.39, 0.29) is 11.8 Å². The van der Waals surface area contributed by atoms with E-state index in [1.807, 2.05) is 18.2 Å². The van der Waals surface area contributed by atoms with Crippen LogP contribution in [0.25, 0.3) is 0 Å². The second-order valence-corrected chi connectivity index (χ2v) is 6.02. The summed E-state index contributed by atoms with van der Waals surface area (Å²) in [5.74, 6) is 1.35. The number of Topliss-reactive ketones (excluding diaryl/α,β-unsaturated/α-hetero) is 2. The topological polar surface area (TPSA) is 34.1 Å². The van der Waals surface area contributed by atoms with Gasteiger partial charge in [0.15, 0.2) is 0 Å². The first-order valence-electron chi connectivity index (χ1n) is 7.33. The van der Waals surface area contributed by atoms with Gasteiger partial charge in [0.05, 0.1) is 0 Å². The van der Waals surface area contributed by atoms with E-state index in [1.165, 1.54) is 5.56 Å². The summed E-state index contributed by atoms with van der Waals surface area (Å²) in [6, 6.07) is 10.2. The van der Waals surface area contributed by atoms with Gasteiger partial charge in [-0.15, -0.1) is 0 Å². The summed E-state index contributed by atoms with van der Waals surface area (Å²) < 4.78 is 0. The maximum Gasteiger partial charge on any atom is 0.136 e. The summed E-state index contributed by atoms with van der Waals surface area (Å²) in [4.78, 5) is 24.3. The molecule has 1 aromatic carbocycles. The lowest BCUT2D eigenvalue weighted by Crippen LogP contribution is -2.39. The van der Waals surface area contributed by atoms with Crippen LogP contribution in [0.3, 0.4) is 0 Å². The third-order valence-corrected chi connectivity index (χ3v) is 4.76. The summed E-state index contributed by atoms with van der Waals surface area (Å²) in [5.41, 5.74) is 1.21. The molecule has 2 aliphatic carbocycles. The van der Waals surface area contributed by atoms with Crippen molar-refractivity contribution in [3.63, 3.8) is 0 Å². The molecule has 2 aliphatic rings. The Morgan fingerprint density at radius 1 is 1.05 bits per heavy atom. The summed E-state index contributed by atoms with van der Waals surface area (Å²) in [6.45, 7) is 0. The molecule has 0 spiro atoms. The fourth-order valence-corrected chi connectivity index (χ4v) is 3.72. The minimum atomic E-state index is 0.0608. The Balaban J connectivity index is 1.72. The van der Waals surface area contributed by atoms with Crippen LogP contribution in [-0.2, 0) is 16.0 Å². The SMILES string of the molecule is O=C1C[C@H]2CCCC(=O)[C@@H]2C[C@@H]1Cc1ccccc1. The molecule has 1 aromatic rings. The Hall–Kier alpha value is -1.44. The molecule has 2 saturated carbocycles. The summed E-state index contributed by atoms with van der Waals surface area (Å²) in [6.07, 6.45) is 5.01. The molecule has 0 unspecified atom stereocenters.